The number of amides is 1. The maximum absolute atomic E-state index is 12.9. The number of benzene rings is 1. The molecule has 6 heteroatoms. The predicted molar refractivity (Wildman–Crippen MR) is 112 cm³/mol. The monoisotopic (exact) mass is 392 g/mol. The Balaban J connectivity index is 1.55. The van der Waals surface area contributed by atoms with Crippen LogP contribution in [0.4, 0.5) is 0 Å². The van der Waals surface area contributed by atoms with Gasteiger partial charge in [-0.05, 0) is 36.6 Å². The Morgan fingerprint density at radius 3 is 2.90 bits per heavy atom. The van der Waals surface area contributed by atoms with Gasteiger partial charge in [0, 0.05) is 44.2 Å². The zero-order chi connectivity index (χ0) is 20.4. The zero-order valence-corrected chi connectivity index (χ0v) is 17.3. The molecule has 1 amide bonds. The van der Waals surface area contributed by atoms with E-state index in [2.05, 4.69) is 46.3 Å². The van der Waals surface area contributed by atoms with Gasteiger partial charge in [0.15, 0.2) is 0 Å². The molecule has 29 heavy (non-hydrogen) atoms. The van der Waals surface area contributed by atoms with E-state index < -0.39 is 5.41 Å². The molecular formula is C23H28N4O2. The average Bonchev–Trinajstić information content (AvgIpc) is 3.36. The van der Waals surface area contributed by atoms with E-state index in [1.54, 1.807) is 7.05 Å². The first kappa shape index (κ1) is 19.6. The number of hydrogen-bond donors (Lipinski definition) is 1. The summed E-state index contributed by atoms with van der Waals surface area (Å²) >= 11 is 0. The lowest BCUT2D eigenvalue weighted by molar-refractivity contribution is -0.130. The Morgan fingerprint density at radius 2 is 2.14 bits per heavy atom. The van der Waals surface area contributed by atoms with E-state index in [4.69, 9.17) is 4.52 Å². The van der Waals surface area contributed by atoms with E-state index >= 15 is 0 Å². The largest absolute Gasteiger partial charge is 0.361 e. The van der Waals surface area contributed by atoms with Crippen molar-refractivity contribution in [1.29, 1.82) is 0 Å². The summed E-state index contributed by atoms with van der Waals surface area (Å²) in [4.78, 5) is 19.7. The number of nitrogens with zero attached hydrogens (tertiary/aromatic N) is 3. The van der Waals surface area contributed by atoms with Crippen molar-refractivity contribution in [3.63, 3.8) is 0 Å². The Labute approximate surface area is 171 Å². The van der Waals surface area contributed by atoms with Gasteiger partial charge in [-0.15, -0.1) is 0 Å². The van der Waals surface area contributed by atoms with E-state index in [0.29, 0.717) is 18.9 Å². The minimum absolute atomic E-state index is 0.0714. The summed E-state index contributed by atoms with van der Waals surface area (Å²) in [5.74, 6) is 1.17. The Kier molecular flexibility index (Phi) is 5.37. The minimum atomic E-state index is -0.495. The van der Waals surface area contributed by atoms with E-state index in [9.17, 15) is 4.79 Å². The highest BCUT2D eigenvalue weighted by atomic mass is 16.5. The molecule has 0 bridgehead atoms. The van der Waals surface area contributed by atoms with Gasteiger partial charge in [0.2, 0.25) is 5.91 Å². The number of likely N-dealkylation sites (tertiary alicyclic amines) is 1. The molecule has 3 heterocycles. The van der Waals surface area contributed by atoms with Crippen LogP contribution in [0.15, 0.2) is 47.1 Å². The topological polar surface area (TPSA) is 71.3 Å². The van der Waals surface area contributed by atoms with Crippen molar-refractivity contribution < 1.29 is 9.32 Å². The molecule has 0 saturated carbocycles. The van der Waals surface area contributed by atoms with Crippen molar-refractivity contribution >= 4 is 16.8 Å². The first-order valence-corrected chi connectivity index (χ1v) is 10.2. The highest BCUT2D eigenvalue weighted by Crippen LogP contribution is 2.36. The van der Waals surface area contributed by atoms with Crippen LogP contribution in [0, 0.1) is 5.41 Å². The van der Waals surface area contributed by atoms with Gasteiger partial charge in [0.05, 0.1) is 16.6 Å². The fraction of sp³-hybridized carbons (Fsp3) is 0.435. The number of carbonyl (C=O) groups excluding carboxylic acids is 1. The fourth-order valence-electron chi connectivity index (χ4n) is 4.32. The van der Waals surface area contributed by atoms with Crippen molar-refractivity contribution in [2.45, 2.75) is 39.2 Å². The number of para-hydroxylation sites is 1. The summed E-state index contributed by atoms with van der Waals surface area (Å²) < 4.78 is 5.56. The van der Waals surface area contributed by atoms with Gasteiger partial charge in [0.25, 0.3) is 0 Å². The highest BCUT2D eigenvalue weighted by Gasteiger charge is 2.45. The summed E-state index contributed by atoms with van der Waals surface area (Å²) in [7, 11) is 1.71. The molecule has 2 aromatic heterocycles. The second-order valence-electron chi connectivity index (χ2n) is 8.36. The standard InChI is InChI=1S/C23H28N4O2/c1-16(2)21-12-18(29-26-21)13-23(22(28)24-3)9-11-27(15-23)14-17-8-10-25-20-7-5-4-6-19(17)20/h4-8,10,12,16H,9,11,13-15H2,1-3H3,(H,24,28)/t23-/m0/s1. The lowest BCUT2D eigenvalue weighted by Crippen LogP contribution is -2.43. The number of carbonyl (C=O) groups is 1. The van der Waals surface area contributed by atoms with Gasteiger partial charge in [-0.1, -0.05) is 37.2 Å². The van der Waals surface area contributed by atoms with Crippen LogP contribution in [0.2, 0.25) is 0 Å². The van der Waals surface area contributed by atoms with Crippen molar-refractivity contribution in [3.05, 3.63) is 59.6 Å². The average molecular weight is 393 g/mol. The van der Waals surface area contributed by atoms with Gasteiger partial charge in [-0.25, -0.2) is 0 Å². The van der Waals surface area contributed by atoms with Crippen molar-refractivity contribution in [2.24, 2.45) is 5.41 Å². The molecule has 0 unspecified atom stereocenters. The fourth-order valence-corrected chi connectivity index (χ4v) is 4.32. The Morgan fingerprint density at radius 1 is 1.31 bits per heavy atom. The summed E-state index contributed by atoms with van der Waals surface area (Å²) in [6.45, 7) is 6.55. The lowest BCUT2D eigenvalue weighted by atomic mass is 9.81. The van der Waals surface area contributed by atoms with Crippen molar-refractivity contribution in [1.82, 2.24) is 20.4 Å². The van der Waals surface area contributed by atoms with Crippen molar-refractivity contribution in [2.75, 3.05) is 20.1 Å². The molecule has 0 radical (unpaired) electrons. The first-order chi connectivity index (χ1) is 14.0. The van der Waals surface area contributed by atoms with Crippen LogP contribution in [0.3, 0.4) is 0 Å². The van der Waals surface area contributed by atoms with Crippen LogP contribution >= 0.6 is 0 Å². The molecule has 152 valence electrons. The second-order valence-corrected chi connectivity index (χ2v) is 8.36. The first-order valence-electron chi connectivity index (χ1n) is 10.2. The van der Waals surface area contributed by atoms with Gasteiger partial charge in [-0.2, -0.15) is 0 Å². The van der Waals surface area contributed by atoms with Gasteiger partial charge in [0.1, 0.15) is 5.76 Å². The van der Waals surface area contributed by atoms with Crippen LogP contribution in [-0.4, -0.2) is 41.1 Å². The summed E-state index contributed by atoms with van der Waals surface area (Å²) in [5, 5.41) is 8.21. The molecule has 3 aromatic rings. The molecule has 0 spiro atoms. The summed E-state index contributed by atoms with van der Waals surface area (Å²) in [5.41, 5.74) is 2.69. The molecule has 4 rings (SSSR count). The van der Waals surface area contributed by atoms with Crippen LogP contribution in [0.5, 0.6) is 0 Å². The van der Waals surface area contributed by atoms with E-state index in [0.717, 1.165) is 36.5 Å². The highest BCUT2D eigenvalue weighted by molar-refractivity contribution is 5.83. The van der Waals surface area contributed by atoms with E-state index in [1.165, 1.54) is 10.9 Å². The summed E-state index contributed by atoms with van der Waals surface area (Å²) in [6.07, 6.45) is 3.23. The number of rotatable bonds is 6. The second kappa shape index (κ2) is 7.95. The van der Waals surface area contributed by atoms with Crippen LogP contribution in [0.25, 0.3) is 10.9 Å². The normalized spacial score (nSPS) is 19.9. The quantitative estimate of drug-likeness (QED) is 0.695. The molecule has 1 saturated heterocycles. The molecule has 1 N–H and O–H groups in total. The minimum Gasteiger partial charge on any atom is -0.361 e. The van der Waals surface area contributed by atoms with Crippen LogP contribution < -0.4 is 5.32 Å². The number of pyridine rings is 1. The molecular weight excluding hydrogens is 364 g/mol. The SMILES string of the molecule is CNC(=O)[C@]1(Cc2cc(C(C)C)no2)CCN(Cc2ccnc3ccccc23)C1. The maximum Gasteiger partial charge on any atom is 0.227 e. The molecule has 1 aliphatic rings. The van der Waals surface area contributed by atoms with E-state index in [-0.39, 0.29) is 5.91 Å². The third kappa shape index (κ3) is 3.90. The van der Waals surface area contributed by atoms with E-state index in [1.807, 2.05) is 30.5 Å². The smallest absolute Gasteiger partial charge is 0.227 e. The van der Waals surface area contributed by atoms with Crippen molar-refractivity contribution in [3.8, 4) is 0 Å². The van der Waals surface area contributed by atoms with Gasteiger partial charge in [-0.3, -0.25) is 14.7 Å². The third-order valence-electron chi connectivity index (χ3n) is 5.96. The molecule has 1 aromatic carbocycles. The number of aromatic nitrogens is 2. The molecule has 0 aliphatic carbocycles. The number of fused-ring (bicyclic) bond motifs is 1. The van der Waals surface area contributed by atoms with Crippen LogP contribution in [-0.2, 0) is 17.8 Å². The maximum atomic E-state index is 12.9. The Bertz CT molecular complexity index is 1010. The predicted octanol–water partition coefficient (Wildman–Crippen LogP) is 3.53. The zero-order valence-electron chi connectivity index (χ0n) is 17.3. The molecule has 1 fully saturated rings. The lowest BCUT2D eigenvalue weighted by Gasteiger charge is -2.26. The summed E-state index contributed by atoms with van der Waals surface area (Å²) in [6, 6.07) is 12.3. The molecule has 1 atom stereocenters. The van der Waals surface area contributed by atoms with Gasteiger partial charge >= 0.3 is 0 Å². The number of hydrogen-bond acceptors (Lipinski definition) is 5. The van der Waals surface area contributed by atoms with Crippen LogP contribution in [0.1, 0.15) is 43.2 Å². The third-order valence-corrected chi connectivity index (χ3v) is 5.96. The molecule has 6 nitrogen and oxygen atoms in total. The Hall–Kier alpha value is -2.73. The molecule has 1 aliphatic heterocycles. The van der Waals surface area contributed by atoms with Gasteiger partial charge < -0.3 is 9.84 Å². The number of nitrogens with one attached hydrogen (secondary N) is 1.